The van der Waals surface area contributed by atoms with Crippen LogP contribution in [0.4, 0.5) is 10.1 Å². The fraction of sp³-hybridized carbons (Fsp3) is 0.158. The van der Waals surface area contributed by atoms with E-state index >= 15 is 0 Å². The lowest BCUT2D eigenvalue weighted by molar-refractivity contribution is -0.107. The van der Waals surface area contributed by atoms with Crippen LogP contribution in [-0.2, 0) is 9.53 Å². The fourth-order valence-corrected chi connectivity index (χ4v) is 2.14. The Bertz CT molecular complexity index is 739. The first kappa shape index (κ1) is 17.4. The van der Waals surface area contributed by atoms with E-state index in [-0.39, 0.29) is 12.4 Å². The first-order valence-corrected chi connectivity index (χ1v) is 7.51. The van der Waals surface area contributed by atoms with E-state index in [2.05, 4.69) is 0 Å². The largest absolute Gasteiger partial charge is 0.457 e. The molecule has 5 heteroatoms. The van der Waals surface area contributed by atoms with E-state index in [1.54, 1.807) is 30.3 Å². The Kier molecular flexibility index (Phi) is 6.25. The van der Waals surface area contributed by atoms with Gasteiger partial charge in [-0.1, -0.05) is 24.3 Å². The summed E-state index contributed by atoms with van der Waals surface area (Å²) >= 11 is 0. The molecular formula is C19H18FNO3. The molecule has 0 atom stereocenters. The van der Waals surface area contributed by atoms with Crippen LogP contribution in [0.1, 0.15) is 28.8 Å². The molecule has 0 saturated carbocycles. The number of hydrogen-bond acceptors (Lipinski definition) is 4. The van der Waals surface area contributed by atoms with Gasteiger partial charge < -0.3 is 15.3 Å². The monoisotopic (exact) mass is 327 g/mol. The van der Waals surface area contributed by atoms with Gasteiger partial charge in [0.1, 0.15) is 18.7 Å². The van der Waals surface area contributed by atoms with Gasteiger partial charge in [0.25, 0.3) is 0 Å². The number of carbonyl (C=O) groups excluding carboxylic acids is 2. The molecule has 124 valence electrons. The number of benzene rings is 2. The Morgan fingerprint density at radius 3 is 2.50 bits per heavy atom. The van der Waals surface area contributed by atoms with E-state index in [4.69, 9.17) is 10.5 Å². The number of aldehydes is 1. The van der Waals surface area contributed by atoms with Crippen molar-refractivity contribution in [3.8, 4) is 0 Å². The lowest BCUT2D eigenvalue weighted by atomic mass is 10.0. The molecule has 0 aliphatic heterocycles. The van der Waals surface area contributed by atoms with Gasteiger partial charge >= 0.3 is 5.97 Å². The smallest absolute Gasteiger partial charge is 0.338 e. The highest BCUT2D eigenvalue weighted by Crippen LogP contribution is 2.18. The summed E-state index contributed by atoms with van der Waals surface area (Å²) in [6, 6.07) is 12.4. The standard InChI is InChI=1S/C19H18FNO3/c20-17-9-7-14(8-10-17)16(4-1-2-11-22)13-24-19(23)15-5-3-6-18(21)12-15/h3-12H,1-2,13,21H2/b16-4+. The van der Waals surface area contributed by atoms with Gasteiger partial charge in [-0.3, -0.25) is 0 Å². The molecule has 0 saturated heterocycles. The Morgan fingerprint density at radius 1 is 1.08 bits per heavy atom. The number of nitrogens with two attached hydrogens (primary N) is 1. The van der Waals surface area contributed by atoms with Crippen molar-refractivity contribution in [1.82, 2.24) is 0 Å². The molecule has 2 aromatic carbocycles. The summed E-state index contributed by atoms with van der Waals surface area (Å²) in [5.41, 5.74) is 7.95. The van der Waals surface area contributed by atoms with E-state index in [9.17, 15) is 14.0 Å². The van der Waals surface area contributed by atoms with E-state index < -0.39 is 5.97 Å². The number of anilines is 1. The van der Waals surface area contributed by atoms with Crippen LogP contribution < -0.4 is 5.73 Å². The van der Waals surface area contributed by atoms with Gasteiger partial charge in [0, 0.05) is 12.1 Å². The second-order valence-electron chi connectivity index (χ2n) is 5.18. The summed E-state index contributed by atoms with van der Waals surface area (Å²) in [6.07, 6.45) is 3.52. The lowest BCUT2D eigenvalue weighted by Crippen LogP contribution is -2.08. The highest BCUT2D eigenvalue weighted by atomic mass is 19.1. The SMILES string of the molecule is Nc1cccc(C(=O)OC/C(=C\CCC=O)c2ccc(F)cc2)c1. The molecule has 0 aromatic heterocycles. The number of hydrogen-bond donors (Lipinski definition) is 1. The zero-order valence-corrected chi connectivity index (χ0v) is 13.1. The molecule has 0 amide bonds. The van der Waals surface area contributed by atoms with Gasteiger partial charge in [-0.15, -0.1) is 0 Å². The third-order valence-corrected chi connectivity index (χ3v) is 3.37. The van der Waals surface area contributed by atoms with Crippen LogP contribution in [0, 0.1) is 5.82 Å². The molecule has 0 radical (unpaired) electrons. The number of esters is 1. The van der Waals surface area contributed by atoms with Gasteiger partial charge in [0.2, 0.25) is 0 Å². The van der Waals surface area contributed by atoms with Crippen molar-refractivity contribution >= 4 is 23.5 Å². The molecular weight excluding hydrogens is 309 g/mol. The summed E-state index contributed by atoms with van der Waals surface area (Å²) in [5, 5.41) is 0. The third kappa shape index (κ3) is 5.05. The maximum Gasteiger partial charge on any atom is 0.338 e. The predicted molar refractivity (Wildman–Crippen MR) is 90.8 cm³/mol. The van der Waals surface area contributed by atoms with Crippen LogP contribution in [0.3, 0.4) is 0 Å². The number of allylic oxidation sites excluding steroid dienone is 1. The van der Waals surface area contributed by atoms with Crippen LogP contribution >= 0.6 is 0 Å². The fourth-order valence-electron chi connectivity index (χ4n) is 2.14. The molecule has 0 heterocycles. The van der Waals surface area contributed by atoms with E-state index in [0.29, 0.717) is 29.7 Å². The minimum Gasteiger partial charge on any atom is -0.457 e. The quantitative estimate of drug-likeness (QED) is 0.365. The highest BCUT2D eigenvalue weighted by Gasteiger charge is 2.10. The zero-order valence-electron chi connectivity index (χ0n) is 13.1. The van der Waals surface area contributed by atoms with Crippen molar-refractivity contribution < 1.29 is 18.7 Å². The molecule has 0 spiro atoms. The van der Waals surface area contributed by atoms with Crippen LogP contribution in [0.5, 0.6) is 0 Å². The van der Waals surface area contributed by atoms with Crippen LogP contribution in [0.15, 0.2) is 54.6 Å². The molecule has 2 aromatic rings. The molecule has 0 bridgehead atoms. The number of ether oxygens (including phenoxy) is 1. The summed E-state index contributed by atoms with van der Waals surface area (Å²) in [6.45, 7) is 0.0259. The second-order valence-corrected chi connectivity index (χ2v) is 5.18. The van der Waals surface area contributed by atoms with Crippen molar-refractivity contribution in [3.63, 3.8) is 0 Å². The lowest BCUT2D eigenvalue weighted by Gasteiger charge is -2.10. The second kappa shape index (κ2) is 8.62. The number of rotatable bonds is 7. The van der Waals surface area contributed by atoms with Crippen molar-refractivity contribution in [3.05, 3.63) is 71.6 Å². The Hall–Kier alpha value is -2.95. The average Bonchev–Trinajstić information content (AvgIpc) is 2.58. The molecule has 2 rings (SSSR count). The minimum atomic E-state index is -0.495. The Morgan fingerprint density at radius 2 is 1.83 bits per heavy atom. The van der Waals surface area contributed by atoms with E-state index in [0.717, 1.165) is 11.8 Å². The van der Waals surface area contributed by atoms with Crippen molar-refractivity contribution in [2.45, 2.75) is 12.8 Å². The van der Waals surface area contributed by atoms with Gasteiger partial charge in [-0.2, -0.15) is 0 Å². The number of carbonyl (C=O) groups is 2. The molecule has 24 heavy (non-hydrogen) atoms. The number of halogens is 1. The van der Waals surface area contributed by atoms with E-state index in [1.807, 2.05) is 6.08 Å². The molecule has 0 aliphatic rings. The molecule has 0 aliphatic carbocycles. The minimum absolute atomic E-state index is 0.0259. The summed E-state index contributed by atoms with van der Waals surface area (Å²) in [7, 11) is 0. The molecule has 0 unspecified atom stereocenters. The maximum atomic E-state index is 13.1. The molecule has 0 fully saturated rings. The highest BCUT2D eigenvalue weighted by molar-refractivity contribution is 5.91. The first-order valence-electron chi connectivity index (χ1n) is 7.51. The summed E-state index contributed by atoms with van der Waals surface area (Å²) in [4.78, 5) is 22.6. The Labute approximate surface area is 139 Å². The summed E-state index contributed by atoms with van der Waals surface area (Å²) < 4.78 is 18.4. The van der Waals surface area contributed by atoms with Gasteiger partial charge in [0.15, 0.2) is 0 Å². The van der Waals surface area contributed by atoms with Crippen LogP contribution in [-0.4, -0.2) is 18.9 Å². The number of nitrogen functional groups attached to an aromatic ring is 1. The number of unbranched alkanes of at least 4 members (excludes halogenated alkanes) is 1. The van der Waals surface area contributed by atoms with E-state index in [1.165, 1.54) is 18.2 Å². The third-order valence-electron chi connectivity index (χ3n) is 3.37. The predicted octanol–water partition coefficient (Wildman–Crippen LogP) is 3.63. The van der Waals surface area contributed by atoms with Crippen molar-refractivity contribution in [1.29, 1.82) is 0 Å². The van der Waals surface area contributed by atoms with Crippen molar-refractivity contribution in [2.75, 3.05) is 12.3 Å². The molecule has 4 nitrogen and oxygen atoms in total. The summed E-state index contributed by atoms with van der Waals surface area (Å²) in [5.74, 6) is -0.839. The topological polar surface area (TPSA) is 69.4 Å². The van der Waals surface area contributed by atoms with Gasteiger partial charge in [0.05, 0.1) is 5.56 Å². The van der Waals surface area contributed by atoms with Crippen LogP contribution in [0.25, 0.3) is 5.57 Å². The zero-order chi connectivity index (χ0) is 17.4. The molecule has 2 N–H and O–H groups in total. The van der Waals surface area contributed by atoms with Gasteiger partial charge in [-0.25, -0.2) is 9.18 Å². The first-order chi connectivity index (χ1) is 11.6. The average molecular weight is 327 g/mol. The maximum absolute atomic E-state index is 13.1. The van der Waals surface area contributed by atoms with Crippen molar-refractivity contribution in [2.24, 2.45) is 0 Å². The van der Waals surface area contributed by atoms with Gasteiger partial charge in [-0.05, 0) is 47.9 Å². The Balaban J connectivity index is 2.10. The normalized spacial score (nSPS) is 11.1. The van der Waals surface area contributed by atoms with Crippen LogP contribution in [0.2, 0.25) is 0 Å².